The van der Waals surface area contributed by atoms with Crippen molar-refractivity contribution < 1.29 is 32.5 Å². The monoisotopic (exact) mass is 411 g/mol. The number of aliphatic hydroxyl groups is 1. The lowest BCUT2D eigenvalue weighted by Gasteiger charge is -2.20. The van der Waals surface area contributed by atoms with Crippen LogP contribution in [0.25, 0.3) is 0 Å². The number of ether oxygens (including phenoxy) is 3. The number of rotatable bonds is 7. The molecule has 0 aromatic heterocycles. The minimum absolute atomic E-state index is 0.176. The summed E-state index contributed by atoms with van der Waals surface area (Å²) in [6, 6.07) is 1.22. The zero-order valence-corrected chi connectivity index (χ0v) is 15.4. The average molecular weight is 412 g/mol. The van der Waals surface area contributed by atoms with E-state index in [1.54, 1.807) is 0 Å². The number of benzene rings is 1. The Balaban J connectivity index is 3.30. The van der Waals surface area contributed by atoms with Gasteiger partial charge in [0.05, 0.1) is 27.4 Å². The van der Waals surface area contributed by atoms with Gasteiger partial charge in [-0.3, -0.25) is 4.79 Å². The molecule has 0 spiro atoms. The smallest absolute Gasteiger partial charge is 0.326 e. The Hall–Kier alpha value is -1.36. The fraction of sp³-hybridized carbons (Fsp3) is 0.462. The third kappa shape index (κ3) is 4.56. The maximum absolute atomic E-state index is 12.5. The lowest BCUT2D eigenvalue weighted by Crippen LogP contribution is -2.48. The maximum atomic E-state index is 12.5. The highest BCUT2D eigenvalue weighted by molar-refractivity contribution is 9.10. The summed E-state index contributed by atoms with van der Waals surface area (Å²) in [5.74, 6) is -0.374. The second-order valence-electron chi connectivity index (χ2n) is 4.50. The van der Waals surface area contributed by atoms with Crippen LogP contribution < -0.4 is 14.2 Å². The van der Waals surface area contributed by atoms with E-state index in [0.29, 0.717) is 5.75 Å². The highest BCUT2D eigenvalue weighted by Crippen LogP contribution is 2.35. The zero-order valence-electron chi connectivity index (χ0n) is 13.0. The molecule has 1 aromatic rings. The summed E-state index contributed by atoms with van der Waals surface area (Å²) in [5, 5.41) is 9.59. The van der Waals surface area contributed by atoms with Crippen LogP contribution in [-0.2, 0) is 19.6 Å². The summed E-state index contributed by atoms with van der Waals surface area (Å²) < 4.78 is 41.9. The Morgan fingerprint density at radius 2 is 1.74 bits per heavy atom. The van der Waals surface area contributed by atoms with Crippen LogP contribution in [0.15, 0.2) is 21.5 Å². The predicted molar refractivity (Wildman–Crippen MR) is 85.1 cm³/mol. The van der Waals surface area contributed by atoms with Crippen LogP contribution in [0, 0.1) is 0 Å². The van der Waals surface area contributed by atoms with E-state index < -0.39 is 28.1 Å². The minimum atomic E-state index is -4.14. The van der Waals surface area contributed by atoms with Crippen molar-refractivity contribution in [2.45, 2.75) is 24.0 Å². The van der Waals surface area contributed by atoms with Gasteiger partial charge < -0.3 is 19.3 Å². The van der Waals surface area contributed by atoms with Crippen molar-refractivity contribution in [3.8, 4) is 11.5 Å². The Morgan fingerprint density at radius 1 is 1.22 bits per heavy atom. The molecule has 10 heteroatoms. The number of halogens is 1. The van der Waals surface area contributed by atoms with Crippen LogP contribution in [0.1, 0.15) is 6.92 Å². The summed E-state index contributed by atoms with van der Waals surface area (Å²) >= 11 is 3.13. The van der Waals surface area contributed by atoms with Crippen LogP contribution in [0.5, 0.6) is 11.5 Å². The highest BCUT2D eigenvalue weighted by Gasteiger charge is 2.32. The molecule has 0 heterocycles. The first-order chi connectivity index (χ1) is 10.7. The van der Waals surface area contributed by atoms with Gasteiger partial charge in [0.1, 0.15) is 10.9 Å². The molecule has 0 aliphatic heterocycles. The molecule has 1 aromatic carbocycles. The third-order valence-electron chi connectivity index (χ3n) is 2.95. The van der Waals surface area contributed by atoms with Gasteiger partial charge in [0.15, 0.2) is 11.5 Å². The van der Waals surface area contributed by atoms with Gasteiger partial charge in [-0.1, -0.05) is 0 Å². The van der Waals surface area contributed by atoms with E-state index in [9.17, 15) is 18.3 Å². The molecule has 8 nitrogen and oxygen atoms in total. The number of aliphatic hydroxyl groups excluding tert-OH is 1. The zero-order chi connectivity index (χ0) is 17.8. The standard InChI is InChI=1S/C13H18BrNO7S/c1-7(16)12(13(17)22-4)15-23(18,19)11-6-10(21-3)9(20-2)5-8(11)14/h5-7,12,15-16H,1-4H3/t7-,12-/m1/s1. The number of carbonyl (C=O) groups excluding carboxylic acids is 1. The van der Waals surface area contributed by atoms with Crippen LogP contribution in [0.4, 0.5) is 0 Å². The average Bonchev–Trinajstić information content (AvgIpc) is 2.50. The van der Waals surface area contributed by atoms with Gasteiger partial charge in [-0.25, -0.2) is 8.42 Å². The van der Waals surface area contributed by atoms with Gasteiger partial charge in [0.2, 0.25) is 10.0 Å². The lowest BCUT2D eigenvalue weighted by atomic mass is 10.2. The minimum Gasteiger partial charge on any atom is -0.493 e. The first-order valence-corrected chi connectivity index (χ1v) is 8.65. The van der Waals surface area contributed by atoms with E-state index in [2.05, 4.69) is 25.4 Å². The molecule has 0 bridgehead atoms. The van der Waals surface area contributed by atoms with Crippen molar-refractivity contribution in [1.29, 1.82) is 0 Å². The van der Waals surface area contributed by atoms with Gasteiger partial charge in [-0.15, -0.1) is 0 Å². The number of hydrogen-bond acceptors (Lipinski definition) is 7. The van der Waals surface area contributed by atoms with Crippen molar-refractivity contribution in [3.63, 3.8) is 0 Å². The Labute approximate surface area is 142 Å². The summed E-state index contributed by atoms with van der Waals surface area (Å²) in [6.45, 7) is 1.27. The summed E-state index contributed by atoms with van der Waals surface area (Å²) in [6.07, 6.45) is -1.28. The molecule has 2 N–H and O–H groups in total. The fourth-order valence-electron chi connectivity index (χ4n) is 1.74. The van der Waals surface area contributed by atoms with Crippen LogP contribution in [0.3, 0.4) is 0 Å². The molecular formula is C13H18BrNO7S. The van der Waals surface area contributed by atoms with Gasteiger partial charge in [-0.2, -0.15) is 4.72 Å². The predicted octanol–water partition coefficient (Wildman–Crippen LogP) is 0.667. The van der Waals surface area contributed by atoms with Gasteiger partial charge in [0.25, 0.3) is 0 Å². The number of hydrogen-bond donors (Lipinski definition) is 2. The molecule has 0 aliphatic rings. The van der Waals surface area contributed by atoms with Crippen LogP contribution in [-0.4, -0.2) is 53.0 Å². The molecule has 0 saturated heterocycles. The number of esters is 1. The molecular weight excluding hydrogens is 394 g/mol. The quantitative estimate of drug-likeness (QED) is 0.634. The summed E-state index contributed by atoms with van der Waals surface area (Å²) in [5.41, 5.74) is 0. The largest absolute Gasteiger partial charge is 0.493 e. The van der Waals surface area contributed by atoms with Crippen LogP contribution in [0.2, 0.25) is 0 Å². The molecule has 0 fully saturated rings. The van der Waals surface area contributed by atoms with E-state index in [0.717, 1.165) is 7.11 Å². The molecule has 2 atom stereocenters. The molecule has 0 radical (unpaired) electrons. The van der Waals surface area contributed by atoms with Gasteiger partial charge in [-0.05, 0) is 28.9 Å². The first-order valence-electron chi connectivity index (χ1n) is 6.37. The second-order valence-corrected chi connectivity index (χ2v) is 7.04. The van der Waals surface area contributed by atoms with Crippen LogP contribution >= 0.6 is 15.9 Å². The molecule has 130 valence electrons. The van der Waals surface area contributed by atoms with E-state index in [1.807, 2.05) is 0 Å². The summed E-state index contributed by atoms with van der Waals surface area (Å²) in [4.78, 5) is 11.4. The van der Waals surface area contributed by atoms with Crippen molar-refractivity contribution in [1.82, 2.24) is 4.72 Å². The highest BCUT2D eigenvalue weighted by atomic mass is 79.9. The van der Waals surface area contributed by atoms with Crippen molar-refractivity contribution in [2.24, 2.45) is 0 Å². The number of carbonyl (C=O) groups is 1. The molecule has 0 unspecified atom stereocenters. The van der Waals surface area contributed by atoms with E-state index in [1.165, 1.54) is 33.3 Å². The first kappa shape index (κ1) is 19.7. The number of nitrogens with one attached hydrogen (secondary N) is 1. The van der Waals surface area contributed by atoms with Crippen molar-refractivity contribution >= 4 is 31.9 Å². The Morgan fingerprint density at radius 3 is 2.17 bits per heavy atom. The topological polar surface area (TPSA) is 111 Å². The molecule has 23 heavy (non-hydrogen) atoms. The van der Waals surface area contributed by atoms with Crippen molar-refractivity contribution in [2.75, 3.05) is 21.3 Å². The van der Waals surface area contributed by atoms with E-state index in [4.69, 9.17) is 9.47 Å². The van der Waals surface area contributed by atoms with E-state index in [-0.39, 0.29) is 15.1 Å². The maximum Gasteiger partial charge on any atom is 0.326 e. The number of methoxy groups -OCH3 is 3. The molecule has 1 rings (SSSR count). The Kier molecular flexibility index (Phi) is 6.81. The Bertz CT molecular complexity index is 675. The molecule has 0 aliphatic carbocycles. The molecule has 0 saturated carbocycles. The second kappa shape index (κ2) is 7.95. The van der Waals surface area contributed by atoms with E-state index >= 15 is 0 Å². The van der Waals surface area contributed by atoms with Crippen molar-refractivity contribution in [3.05, 3.63) is 16.6 Å². The van der Waals surface area contributed by atoms with Gasteiger partial charge >= 0.3 is 5.97 Å². The fourth-order valence-corrected chi connectivity index (χ4v) is 4.04. The third-order valence-corrected chi connectivity index (χ3v) is 5.35. The van der Waals surface area contributed by atoms with Gasteiger partial charge in [0, 0.05) is 10.5 Å². The number of sulfonamides is 1. The SMILES string of the molecule is COC(=O)[C@H](NS(=O)(=O)c1cc(OC)c(OC)cc1Br)[C@@H](C)O. The molecule has 0 amide bonds. The lowest BCUT2D eigenvalue weighted by molar-refractivity contribution is -0.145. The normalized spacial score (nSPS) is 14.0. The summed E-state index contributed by atoms with van der Waals surface area (Å²) in [7, 11) is -0.268.